The molecule has 166 valence electrons. The van der Waals surface area contributed by atoms with E-state index in [1.54, 1.807) is 31.2 Å². The van der Waals surface area contributed by atoms with Crippen LogP contribution in [0, 0.1) is 20.8 Å². The van der Waals surface area contributed by atoms with Gasteiger partial charge in [-0.1, -0.05) is 12.1 Å². The summed E-state index contributed by atoms with van der Waals surface area (Å²) in [5, 5.41) is 11.7. The van der Waals surface area contributed by atoms with Crippen LogP contribution in [-0.4, -0.2) is 28.0 Å². The van der Waals surface area contributed by atoms with Crippen LogP contribution in [0.15, 0.2) is 58.5 Å². The Morgan fingerprint density at radius 1 is 1.03 bits per heavy atom. The Kier molecular flexibility index (Phi) is 5.69. The number of nitrogens with one attached hydrogen (secondary N) is 1. The van der Waals surface area contributed by atoms with Crippen molar-refractivity contribution in [2.24, 2.45) is 0 Å². The first-order chi connectivity index (χ1) is 15.6. The number of hydrogen-bond donors (Lipinski definition) is 2. The minimum Gasteiger partial charge on any atom is -0.478 e. The third-order valence-corrected chi connectivity index (χ3v) is 5.50. The monoisotopic (exact) mass is 460 g/mol. The molecular weight excluding hydrogens is 440 g/mol. The Balaban J connectivity index is 1.68. The standard InChI is InChI=1S/C25H20N2O5S/c1-13-8-14(2)10-17(9-13)27-23(29)20(22(28)26-25(27)33)12-18-5-7-21(32-18)19-6-4-16(24(30)31)11-15(19)3/h4-12H,1-3H3,(H,30,31)(H,26,28,33)/b20-12+. The van der Waals surface area contributed by atoms with Crippen molar-refractivity contribution in [3.63, 3.8) is 0 Å². The van der Waals surface area contributed by atoms with E-state index in [9.17, 15) is 14.4 Å². The molecule has 1 aromatic heterocycles. The molecule has 1 aliphatic heterocycles. The van der Waals surface area contributed by atoms with E-state index >= 15 is 0 Å². The van der Waals surface area contributed by atoms with Crippen molar-refractivity contribution in [3.05, 3.63) is 82.1 Å². The number of benzene rings is 2. The first-order valence-corrected chi connectivity index (χ1v) is 10.5. The van der Waals surface area contributed by atoms with Crippen LogP contribution < -0.4 is 10.2 Å². The fourth-order valence-electron chi connectivity index (χ4n) is 3.76. The van der Waals surface area contributed by atoms with Gasteiger partial charge in [-0.15, -0.1) is 0 Å². The van der Waals surface area contributed by atoms with Gasteiger partial charge < -0.3 is 9.52 Å². The van der Waals surface area contributed by atoms with Gasteiger partial charge in [0.25, 0.3) is 11.8 Å². The van der Waals surface area contributed by atoms with Crippen LogP contribution in [0.2, 0.25) is 0 Å². The Hall–Kier alpha value is -4.04. The molecule has 0 unspecified atom stereocenters. The molecule has 2 N–H and O–H groups in total. The average molecular weight is 461 g/mol. The number of amides is 2. The van der Waals surface area contributed by atoms with Gasteiger partial charge in [0.2, 0.25) is 0 Å². The average Bonchev–Trinajstić information content (AvgIpc) is 3.18. The zero-order valence-electron chi connectivity index (χ0n) is 18.1. The highest BCUT2D eigenvalue weighted by Crippen LogP contribution is 2.29. The third kappa shape index (κ3) is 4.33. The van der Waals surface area contributed by atoms with E-state index in [1.165, 1.54) is 17.0 Å². The molecule has 8 heteroatoms. The topological polar surface area (TPSA) is 99.8 Å². The molecule has 0 radical (unpaired) electrons. The number of carbonyl (C=O) groups excluding carboxylic acids is 2. The van der Waals surface area contributed by atoms with Crippen molar-refractivity contribution in [3.8, 4) is 11.3 Å². The second kappa shape index (κ2) is 8.48. The summed E-state index contributed by atoms with van der Waals surface area (Å²) in [7, 11) is 0. The Morgan fingerprint density at radius 2 is 1.73 bits per heavy atom. The van der Waals surface area contributed by atoms with Crippen molar-refractivity contribution >= 4 is 46.9 Å². The maximum Gasteiger partial charge on any atom is 0.335 e. The number of anilines is 1. The highest BCUT2D eigenvalue weighted by Gasteiger charge is 2.35. The second-order valence-corrected chi connectivity index (χ2v) is 8.23. The number of hydrogen-bond acceptors (Lipinski definition) is 5. The largest absolute Gasteiger partial charge is 0.478 e. The summed E-state index contributed by atoms with van der Waals surface area (Å²) < 4.78 is 5.85. The fraction of sp³-hybridized carbons (Fsp3) is 0.120. The molecule has 7 nitrogen and oxygen atoms in total. The van der Waals surface area contributed by atoms with Gasteiger partial charge in [0.1, 0.15) is 17.1 Å². The van der Waals surface area contributed by atoms with Crippen molar-refractivity contribution in [2.75, 3.05) is 4.90 Å². The Bertz CT molecular complexity index is 1350. The first-order valence-electron chi connectivity index (χ1n) is 10.1. The van der Waals surface area contributed by atoms with Gasteiger partial charge in [-0.05, 0) is 92.2 Å². The number of carboxylic acid groups (broad SMARTS) is 1. The van der Waals surface area contributed by atoms with Crippen LogP contribution in [-0.2, 0) is 9.59 Å². The zero-order valence-corrected chi connectivity index (χ0v) is 18.9. The van der Waals surface area contributed by atoms with E-state index in [-0.39, 0.29) is 16.2 Å². The highest BCUT2D eigenvalue weighted by molar-refractivity contribution is 7.80. The molecule has 2 amide bonds. The summed E-state index contributed by atoms with van der Waals surface area (Å²) in [5.74, 6) is -1.37. The van der Waals surface area contributed by atoms with Gasteiger partial charge in [0.05, 0.1) is 11.3 Å². The van der Waals surface area contributed by atoms with Crippen LogP contribution in [0.5, 0.6) is 0 Å². The number of thiocarbonyl (C=S) groups is 1. The molecule has 0 spiro atoms. The molecule has 1 aliphatic rings. The number of carbonyl (C=O) groups is 3. The summed E-state index contributed by atoms with van der Waals surface area (Å²) in [6, 6.07) is 13.7. The van der Waals surface area contributed by atoms with Gasteiger partial charge in [0, 0.05) is 5.56 Å². The van der Waals surface area contributed by atoms with Gasteiger partial charge in [-0.2, -0.15) is 0 Å². The summed E-state index contributed by atoms with van der Waals surface area (Å²) in [6.07, 6.45) is 1.37. The molecule has 2 heterocycles. The molecule has 3 aromatic rings. The molecule has 0 atom stereocenters. The molecule has 0 aliphatic carbocycles. The van der Waals surface area contributed by atoms with E-state index < -0.39 is 17.8 Å². The van der Waals surface area contributed by atoms with E-state index in [0.29, 0.717) is 22.8 Å². The zero-order chi connectivity index (χ0) is 23.9. The lowest BCUT2D eigenvalue weighted by atomic mass is 10.0. The van der Waals surface area contributed by atoms with E-state index in [2.05, 4.69) is 5.32 Å². The van der Waals surface area contributed by atoms with Gasteiger partial charge in [-0.25, -0.2) is 4.79 Å². The molecule has 2 aromatic carbocycles. The predicted octanol–water partition coefficient (Wildman–Crippen LogP) is 4.40. The lowest BCUT2D eigenvalue weighted by Crippen LogP contribution is -2.54. The fourth-order valence-corrected chi connectivity index (χ4v) is 4.04. The van der Waals surface area contributed by atoms with Crippen LogP contribution in [0.25, 0.3) is 17.4 Å². The van der Waals surface area contributed by atoms with Crippen LogP contribution in [0.4, 0.5) is 5.69 Å². The van der Waals surface area contributed by atoms with Gasteiger partial charge in [-0.3, -0.25) is 19.8 Å². The maximum absolute atomic E-state index is 13.2. The number of nitrogens with zero attached hydrogens (tertiary/aromatic N) is 1. The molecule has 33 heavy (non-hydrogen) atoms. The van der Waals surface area contributed by atoms with Gasteiger partial charge in [0.15, 0.2) is 5.11 Å². The SMILES string of the molecule is Cc1cc(C)cc(N2C(=O)/C(=C/c3ccc(-c4ccc(C(=O)O)cc4C)o3)C(=O)NC2=S)c1. The number of aromatic carboxylic acids is 1. The minimum atomic E-state index is -1.01. The summed E-state index contributed by atoms with van der Waals surface area (Å²) in [6.45, 7) is 5.61. The van der Waals surface area contributed by atoms with Crippen LogP contribution in [0.1, 0.15) is 32.8 Å². The molecule has 0 saturated carbocycles. The molecule has 4 rings (SSSR count). The number of carboxylic acids is 1. The summed E-state index contributed by atoms with van der Waals surface area (Å²) >= 11 is 5.26. The van der Waals surface area contributed by atoms with Crippen molar-refractivity contribution in [2.45, 2.75) is 20.8 Å². The number of furan rings is 1. The van der Waals surface area contributed by atoms with E-state index in [0.717, 1.165) is 16.7 Å². The van der Waals surface area contributed by atoms with E-state index in [4.69, 9.17) is 21.7 Å². The summed E-state index contributed by atoms with van der Waals surface area (Å²) in [4.78, 5) is 38.2. The minimum absolute atomic E-state index is 0.0152. The molecule has 1 fully saturated rings. The van der Waals surface area contributed by atoms with Crippen molar-refractivity contribution in [1.29, 1.82) is 0 Å². The highest BCUT2D eigenvalue weighted by atomic mass is 32.1. The first kappa shape index (κ1) is 22.2. The maximum atomic E-state index is 13.2. The Morgan fingerprint density at radius 3 is 2.36 bits per heavy atom. The second-order valence-electron chi connectivity index (χ2n) is 7.84. The van der Waals surface area contributed by atoms with E-state index in [1.807, 2.05) is 32.0 Å². The van der Waals surface area contributed by atoms with Gasteiger partial charge >= 0.3 is 5.97 Å². The van der Waals surface area contributed by atoms with Crippen LogP contribution >= 0.6 is 12.2 Å². The van der Waals surface area contributed by atoms with Crippen molar-refractivity contribution in [1.82, 2.24) is 5.32 Å². The molecular formula is C25H20N2O5S. The lowest BCUT2D eigenvalue weighted by molar-refractivity contribution is -0.122. The van der Waals surface area contributed by atoms with Crippen molar-refractivity contribution < 1.29 is 23.9 Å². The number of rotatable bonds is 4. The Labute approximate surface area is 195 Å². The molecule has 1 saturated heterocycles. The smallest absolute Gasteiger partial charge is 0.335 e. The predicted molar refractivity (Wildman–Crippen MR) is 128 cm³/mol. The quantitative estimate of drug-likeness (QED) is 0.340. The number of aryl methyl sites for hydroxylation is 3. The molecule has 0 bridgehead atoms. The van der Waals surface area contributed by atoms with Crippen LogP contribution in [0.3, 0.4) is 0 Å². The summed E-state index contributed by atoms with van der Waals surface area (Å²) in [5.41, 5.74) is 4.00. The lowest BCUT2D eigenvalue weighted by Gasteiger charge is -2.29. The third-order valence-electron chi connectivity index (χ3n) is 5.22. The normalized spacial score (nSPS) is 15.2.